The van der Waals surface area contributed by atoms with Gasteiger partial charge in [0.2, 0.25) is 6.10 Å². The SMILES string of the molecule is CCn1c(C)nc2cc(C(=O)NNC(=O)C3Oc4ccccc4OC3C)ccc21. The van der Waals surface area contributed by atoms with Crippen LogP contribution >= 0.6 is 0 Å². The molecule has 0 radical (unpaired) electrons. The molecule has 0 saturated carbocycles. The molecule has 0 spiro atoms. The van der Waals surface area contributed by atoms with Crippen molar-refractivity contribution in [2.45, 2.75) is 39.5 Å². The van der Waals surface area contributed by atoms with Gasteiger partial charge >= 0.3 is 0 Å². The summed E-state index contributed by atoms with van der Waals surface area (Å²) in [5.41, 5.74) is 6.95. The van der Waals surface area contributed by atoms with Gasteiger partial charge < -0.3 is 14.0 Å². The van der Waals surface area contributed by atoms with Crippen LogP contribution in [-0.4, -0.2) is 33.6 Å². The summed E-state index contributed by atoms with van der Waals surface area (Å²) in [6.45, 7) is 6.51. The van der Waals surface area contributed by atoms with E-state index in [9.17, 15) is 9.59 Å². The molecule has 4 rings (SSSR count). The minimum absolute atomic E-state index is 0.401. The van der Waals surface area contributed by atoms with Gasteiger partial charge in [0.05, 0.1) is 11.0 Å². The average molecular weight is 394 g/mol. The number of carbonyl (C=O) groups is 2. The van der Waals surface area contributed by atoms with E-state index in [4.69, 9.17) is 9.47 Å². The first-order chi connectivity index (χ1) is 14.0. The maximum atomic E-state index is 12.5. The number of imidazole rings is 1. The van der Waals surface area contributed by atoms with Crippen LogP contribution in [0, 0.1) is 6.92 Å². The molecule has 1 aliphatic heterocycles. The largest absolute Gasteiger partial charge is 0.482 e. The van der Waals surface area contributed by atoms with Gasteiger partial charge in [0.1, 0.15) is 11.9 Å². The molecule has 150 valence electrons. The van der Waals surface area contributed by atoms with E-state index in [1.807, 2.05) is 26.0 Å². The second-order valence-corrected chi connectivity index (χ2v) is 6.86. The third-order valence-corrected chi connectivity index (χ3v) is 4.92. The minimum Gasteiger partial charge on any atom is -0.482 e. The number of para-hydroxylation sites is 2. The molecule has 8 nitrogen and oxygen atoms in total. The van der Waals surface area contributed by atoms with E-state index >= 15 is 0 Å². The molecule has 1 aliphatic rings. The first-order valence-corrected chi connectivity index (χ1v) is 9.47. The van der Waals surface area contributed by atoms with Crippen LogP contribution in [-0.2, 0) is 11.3 Å². The van der Waals surface area contributed by atoms with Crippen molar-refractivity contribution in [3.8, 4) is 11.5 Å². The maximum absolute atomic E-state index is 12.5. The molecule has 1 aromatic heterocycles. The molecule has 0 aliphatic carbocycles. The van der Waals surface area contributed by atoms with E-state index in [1.165, 1.54) is 0 Å². The van der Waals surface area contributed by atoms with Crippen LogP contribution in [0.5, 0.6) is 11.5 Å². The summed E-state index contributed by atoms with van der Waals surface area (Å²) in [5.74, 6) is 1.03. The molecule has 2 heterocycles. The molecule has 0 fully saturated rings. The third kappa shape index (κ3) is 3.49. The standard InChI is InChI=1S/C21H22N4O4/c1-4-25-13(3)22-15-11-14(9-10-16(15)25)20(26)23-24-21(27)19-12(2)28-17-7-5-6-8-18(17)29-19/h5-12,19H,4H2,1-3H3,(H,23,26)(H,24,27). The molecule has 2 atom stereocenters. The molecule has 29 heavy (non-hydrogen) atoms. The van der Waals surface area contributed by atoms with Crippen molar-refractivity contribution in [3.63, 3.8) is 0 Å². The number of hydrogen-bond acceptors (Lipinski definition) is 5. The van der Waals surface area contributed by atoms with Crippen LogP contribution in [0.3, 0.4) is 0 Å². The molecule has 0 saturated heterocycles. The Morgan fingerprint density at radius 3 is 2.55 bits per heavy atom. The number of carbonyl (C=O) groups excluding carboxylic acids is 2. The van der Waals surface area contributed by atoms with Gasteiger partial charge in [-0.2, -0.15) is 0 Å². The Balaban J connectivity index is 1.43. The molecule has 3 aromatic rings. The number of ether oxygens (including phenoxy) is 2. The highest BCUT2D eigenvalue weighted by Gasteiger charge is 2.34. The van der Waals surface area contributed by atoms with Gasteiger partial charge in [-0.1, -0.05) is 12.1 Å². The number of benzene rings is 2. The second kappa shape index (κ2) is 7.46. The van der Waals surface area contributed by atoms with Crippen LogP contribution in [0.2, 0.25) is 0 Å². The van der Waals surface area contributed by atoms with Gasteiger partial charge in [-0.05, 0) is 51.1 Å². The summed E-state index contributed by atoms with van der Waals surface area (Å²) in [7, 11) is 0. The number of hydrazine groups is 1. The van der Waals surface area contributed by atoms with E-state index in [1.54, 1.807) is 37.3 Å². The Hall–Kier alpha value is -3.55. The Bertz CT molecular complexity index is 1090. The predicted molar refractivity (Wildman–Crippen MR) is 107 cm³/mol. The number of amides is 2. The summed E-state index contributed by atoms with van der Waals surface area (Å²) in [4.78, 5) is 29.5. The Morgan fingerprint density at radius 1 is 1.10 bits per heavy atom. The molecule has 0 bridgehead atoms. The summed E-state index contributed by atoms with van der Waals surface area (Å²) in [5, 5.41) is 0. The molecule has 8 heteroatoms. The summed E-state index contributed by atoms with van der Waals surface area (Å²) in [6.07, 6.45) is -1.38. The van der Waals surface area contributed by atoms with Crippen molar-refractivity contribution in [1.29, 1.82) is 0 Å². The number of fused-ring (bicyclic) bond motifs is 2. The first kappa shape index (κ1) is 18.8. The average Bonchev–Trinajstić information content (AvgIpc) is 3.05. The van der Waals surface area contributed by atoms with Crippen LogP contribution in [0.25, 0.3) is 11.0 Å². The number of aryl methyl sites for hydroxylation is 2. The van der Waals surface area contributed by atoms with E-state index in [0.29, 0.717) is 17.1 Å². The smallest absolute Gasteiger partial charge is 0.283 e. The number of hydrogen-bond donors (Lipinski definition) is 2. The van der Waals surface area contributed by atoms with Crippen molar-refractivity contribution < 1.29 is 19.1 Å². The highest BCUT2D eigenvalue weighted by atomic mass is 16.6. The fourth-order valence-electron chi connectivity index (χ4n) is 3.46. The van der Waals surface area contributed by atoms with Gasteiger partial charge in [-0.3, -0.25) is 20.4 Å². The molecule has 2 N–H and O–H groups in total. The van der Waals surface area contributed by atoms with Crippen LogP contribution in [0.4, 0.5) is 0 Å². The van der Waals surface area contributed by atoms with Crippen molar-refractivity contribution >= 4 is 22.8 Å². The monoisotopic (exact) mass is 394 g/mol. The van der Waals surface area contributed by atoms with Crippen molar-refractivity contribution in [2.24, 2.45) is 0 Å². The molecule has 2 aromatic carbocycles. The normalized spacial score (nSPS) is 17.8. The first-order valence-electron chi connectivity index (χ1n) is 9.47. The summed E-state index contributed by atoms with van der Waals surface area (Å²) < 4.78 is 13.5. The van der Waals surface area contributed by atoms with E-state index in [2.05, 4.69) is 20.4 Å². The topological polar surface area (TPSA) is 94.5 Å². The molecule has 2 unspecified atom stereocenters. The van der Waals surface area contributed by atoms with Crippen LogP contribution in [0.1, 0.15) is 30.0 Å². The lowest BCUT2D eigenvalue weighted by molar-refractivity contribution is -0.134. The quantitative estimate of drug-likeness (QED) is 0.665. The molecule has 2 amide bonds. The fraction of sp³-hybridized carbons (Fsp3) is 0.286. The Labute approximate surface area is 167 Å². The van der Waals surface area contributed by atoms with Crippen LogP contribution in [0.15, 0.2) is 42.5 Å². The third-order valence-electron chi connectivity index (χ3n) is 4.92. The number of nitrogens with zero attached hydrogens (tertiary/aromatic N) is 2. The van der Waals surface area contributed by atoms with Gasteiger partial charge in [0.25, 0.3) is 11.8 Å². The van der Waals surface area contributed by atoms with Crippen molar-refractivity contribution in [3.05, 3.63) is 53.9 Å². The zero-order valence-electron chi connectivity index (χ0n) is 16.4. The van der Waals surface area contributed by atoms with Crippen molar-refractivity contribution in [2.75, 3.05) is 0 Å². The lowest BCUT2D eigenvalue weighted by Gasteiger charge is -2.30. The predicted octanol–water partition coefficient (Wildman–Crippen LogP) is 2.35. The van der Waals surface area contributed by atoms with Crippen molar-refractivity contribution in [1.82, 2.24) is 20.4 Å². The molecular formula is C21H22N4O4. The van der Waals surface area contributed by atoms with Crippen LogP contribution < -0.4 is 20.3 Å². The lowest BCUT2D eigenvalue weighted by Crippen LogP contribution is -2.53. The Morgan fingerprint density at radius 2 is 1.83 bits per heavy atom. The van der Waals surface area contributed by atoms with Gasteiger partial charge in [0.15, 0.2) is 11.5 Å². The zero-order valence-corrected chi connectivity index (χ0v) is 16.4. The van der Waals surface area contributed by atoms with Gasteiger partial charge in [0, 0.05) is 12.1 Å². The van der Waals surface area contributed by atoms with E-state index in [-0.39, 0.29) is 0 Å². The summed E-state index contributed by atoms with van der Waals surface area (Å²) >= 11 is 0. The Kier molecular flexibility index (Phi) is 4.84. The summed E-state index contributed by atoms with van der Waals surface area (Å²) in [6, 6.07) is 12.4. The minimum atomic E-state index is -0.879. The molecular weight excluding hydrogens is 372 g/mol. The van der Waals surface area contributed by atoms with E-state index in [0.717, 1.165) is 23.4 Å². The number of nitrogens with one attached hydrogen (secondary N) is 2. The number of rotatable bonds is 3. The van der Waals surface area contributed by atoms with E-state index < -0.39 is 24.0 Å². The van der Waals surface area contributed by atoms with Gasteiger partial charge in [-0.15, -0.1) is 0 Å². The van der Waals surface area contributed by atoms with Gasteiger partial charge in [-0.25, -0.2) is 4.98 Å². The fourth-order valence-corrected chi connectivity index (χ4v) is 3.46. The zero-order chi connectivity index (χ0) is 20.5. The maximum Gasteiger partial charge on any atom is 0.283 e. The second-order valence-electron chi connectivity index (χ2n) is 6.86. The highest BCUT2D eigenvalue weighted by molar-refractivity contribution is 5.98. The highest BCUT2D eigenvalue weighted by Crippen LogP contribution is 2.33. The number of aromatic nitrogens is 2. The lowest BCUT2D eigenvalue weighted by atomic mass is 10.1.